The summed E-state index contributed by atoms with van der Waals surface area (Å²) in [6.45, 7) is 14.5. The summed E-state index contributed by atoms with van der Waals surface area (Å²) in [6, 6.07) is 0.486. The molecule has 1 aromatic rings. The largest absolute Gasteiger partial charge is 0.379 e. The smallest absolute Gasteiger partial charge is 0.191 e. The molecule has 0 spiro atoms. The highest BCUT2D eigenvalue weighted by Crippen LogP contribution is 2.13. The van der Waals surface area contributed by atoms with Crippen LogP contribution in [0.15, 0.2) is 4.99 Å². The van der Waals surface area contributed by atoms with Crippen LogP contribution in [-0.4, -0.2) is 71.1 Å². The van der Waals surface area contributed by atoms with Gasteiger partial charge >= 0.3 is 0 Å². The Morgan fingerprint density at radius 1 is 1.22 bits per heavy atom. The van der Waals surface area contributed by atoms with Crippen molar-refractivity contribution in [3.8, 4) is 0 Å². The topological polar surface area (TPSA) is 79.6 Å². The molecule has 2 heterocycles. The van der Waals surface area contributed by atoms with E-state index in [1.54, 1.807) is 0 Å². The minimum Gasteiger partial charge on any atom is -0.379 e. The molecule has 1 fully saturated rings. The molecule has 0 saturated carbocycles. The standard InChI is InChI=1S/C18H35N7O.HI/c1-6-19-18(21-13-17-23-22-15(4)24(17)5)20-12-16(11-14(2)3)25-7-9-26-10-8-25;/h14,16H,6-13H2,1-5H3,(H2,19,20,21);1H. The van der Waals surface area contributed by atoms with E-state index in [4.69, 9.17) is 4.74 Å². The van der Waals surface area contributed by atoms with Crippen LogP contribution in [0.25, 0.3) is 0 Å². The van der Waals surface area contributed by atoms with E-state index in [1.807, 2.05) is 18.5 Å². The Bertz CT molecular complexity index is 570. The monoisotopic (exact) mass is 493 g/mol. The van der Waals surface area contributed by atoms with Gasteiger partial charge in [-0.3, -0.25) is 4.90 Å². The molecule has 0 amide bonds. The summed E-state index contributed by atoms with van der Waals surface area (Å²) >= 11 is 0. The van der Waals surface area contributed by atoms with Gasteiger partial charge in [0.2, 0.25) is 0 Å². The van der Waals surface area contributed by atoms with Crippen molar-refractivity contribution in [2.75, 3.05) is 39.4 Å². The average Bonchev–Trinajstić information content (AvgIpc) is 2.95. The molecule has 2 rings (SSSR count). The van der Waals surface area contributed by atoms with Crippen LogP contribution < -0.4 is 10.6 Å². The van der Waals surface area contributed by atoms with E-state index < -0.39 is 0 Å². The van der Waals surface area contributed by atoms with Gasteiger partial charge < -0.3 is 19.9 Å². The molecule has 1 aliphatic heterocycles. The van der Waals surface area contributed by atoms with Crippen molar-refractivity contribution in [3.63, 3.8) is 0 Å². The minimum absolute atomic E-state index is 0. The highest BCUT2D eigenvalue weighted by Gasteiger charge is 2.22. The van der Waals surface area contributed by atoms with Crippen LogP contribution in [-0.2, 0) is 18.3 Å². The molecule has 8 nitrogen and oxygen atoms in total. The molecule has 0 aliphatic carbocycles. The van der Waals surface area contributed by atoms with Crippen LogP contribution in [0.2, 0.25) is 0 Å². The number of ether oxygens (including phenoxy) is 1. The molecule has 1 aliphatic rings. The van der Waals surface area contributed by atoms with E-state index >= 15 is 0 Å². The number of hydrogen-bond donors (Lipinski definition) is 2. The second-order valence-electron chi connectivity index (χ2n) is 7.23. The summed E-state index contributed by atoms with van der Waals surface area (Å²) < 4.78 is 7.48. The Morgan fingerprint density at radius 2 is 1.93 bits per heavy atom. The maximum absolute atomic E-state index is 5.51. The van der Waals surface area contributed by atoms with Crippen LogP contribution in [0.3, 0.4) is 0 Å². The quantitative estimate of drug-likeness (QED) is 0.325. The third-order valence-corrected chi connectivity index (χ3v) is 4.72. The lowest BCUT2D eigenvalue weighted by molar-refractivity contribution is 0.0132. The molecule has 1 saturated heterocycles. The first kappa shape index (κ1) is 24.1. The van der Waals surface area contributed by atoms with Gasteiger partial charge in [-0.05, 0) is 26.2 Å². The van der Waals surface area contributed by atoms with Gasteiger partial charge in [-0.15, -0.1) is 34.2 Å². The Labute approximate surface area is 180 Å². The Kier molecular flexibility index (Phi) is 11.2. The predicted molar refractivity (Wildman–Crippen MR) is 120 cm³/mol. The van der Waals surface area contributed by atoms with Crippen molar-refractivity contribution < 1.29 is 4.74 Å². The zero-order valence-electron chi connectivity index (χ0n) is 17.4. The van der Waals surface area contributed by atoms with E-state index in [0.717, 1.165) is 63.4 Å². The number of nitrogens with zero attached hydrogens (tertiary/aromatic N) is 5. The normalized spacial score (nSPS) is 16.9. The fourth-order valence-corrected chi connectivity index (χ4v) is 3.14. The van der Waals surface area contributed by atoms with Crippen LogP contribution in [0.4, 0.5) is 0 Å². The second-order valence-corrected chi connectivity index (χ2v) is 7.23. The van der Waals surface area contributed by atoms with E-state index in [9.17, 15) is 0 Å². The van der Waals surface area contributed by atoms with Crippen LogP contribution in [0.5, 0.6) is 0 Å². The molecule has 1 unspecified atom stereocenters. The van der Waals surface area contributed by atoms with Gasteiger partial charge in [0.15, 0.2) is 11.8 Å². The Morgan fingerprint density at radius 3 is 2.48 bits per heavy atom. The summed E-state index contributed by atoms with van der Waals surface area (Å²) in [4.78, 5) is 7.22. The first-order valence-electron chi connectivity index (χ1n) is 9.70. The maximum Gasteiger partial charge on any atom is 0.191 e. The van der Waals surface area contributed by atoms with Gasteiger partial charge in [0.05, 0.1) is 13.2 Å². The summed E-state index contributed by atoms with van der Waals surface area (Å²) in [5.74, 6) is 3.25. The first-order chi connectivity index (χ1) is 12.5. The van der Waals surface area contributed by atoms with Gasteiger partial charge in [0, 0.05) is 39.3 Å². The van der Waals surface area contributed by atoms with Crippen LogP contribution in [0.1, 0.15) is 38.8 Å². The molecule has 2 N–H and O–H groups in total. The number of halogens is 1. The number of aromatic nitrogens is 3. The van der Waals surface area contributed by atoms with Crippen molar-refractivity contribution >= 4 is 29.9 Å². The first-order valence-corrected chi connectivity index (χ1v) is 9.70. The molecule has 156 valence electrons. The number of aryl methyl sites for hydroxylation is 1. The Hall–Kier alpha value is -0.940. The number of nitrogens with one attached hydrogen (secondary N) is 2. The fraction of sp³-hybridized carbons (Fsp3) is 0.833. The van der Waals surface area contributed by atoms with Gasteiger partial charge in [-0.25, -0.2) is 4.99 Å². The SMILES string of the molecule is CCNC(=NCc1nnc(C)n1C)NCC(CC(C)C)N1CCOCC1.I. The van der Waals surface area contributed by atoms with Crippen LogP contribution >= 0.6 is 24.0 Å². The lowest BCUT2D eigenvalue weighted by atomic mass is 10.0. The van der Waals surface area contributed by atoms with E-state index in [1.165, 1.54) is 0 Å². The highest BCUT2D eigenvalue weighted by molar-refractivity contribution is 14.0. The van der Waals surface area contributed by atoms with Gasteiger partial charge in [0.1, 0.15) is 12.4 Å². The maximum atomic E-state index is 5.51. The zero-order valence-corrected chi connectivity index (χ0v) is 19.7. The van der Waals surface area contributed by atoms with E-state index in [0.29, 0.717) is 18.5 Å². The molecule has 0 aromatic carbocycles. The lowest BCUT2D eigenvalue weighted by Crippen LogP contribution is -2.51. The third-order valence-electron chi connectivity index (χ3n) is 4.72. The second kappa shape index (κ2) is 12.5. The molecular formula is C18H36IN7O. The number of hydrogen-bond acceptors (Lipinski definition) is 5. The van der Waals surface area contributed by atoms with Crippen molar-refractivity contribution in [2.45, 2.75) is 46.7 Å². The van der Waals surface area contributed by atoms with Gasteiger partial charge in [-0.2, -0.15) is 0 Å². The van der Waals surface area contributed by atoms with Crippen molar-refractivity contribution in [3.05, 3.63) is 11.6 Å². The zero-order chi connectivity index (χ0) is 18.9. The highest BCUT2D eigenvalue weighted by atomic mass is 127. The van der Waals surface area contributed by atoms with Crippen LogP contribution in [0, 0.1) is 12.8 Å². The summed E-state index contributed by atoms with van der Waals surface area (Å²) in [5, 5.41) is 15.1. The fourth-order valence-electron chi connectivity index (χ4n) is 3.14. The molecule has 9 heteroatoms. The van der Waals surface area contributed by atoms with Gasteiger partial charge in [0.25, 0.3) is 0 Å². The summed E-state index contributed by atoms with van der Waals surface area (Å²) in [5.41, 5.74) is 0. The summed E-state index contributed by atoms with van der Waals surface area (Å²) in [6.07, 6.45) is 1.16. The molecule has 1 atom stereocenters. The molecular weight excluding hydrogens is 457 g/mol. The number of rotatable bonds is 8. The molecule has 1 aromatic heterocycles. The van der Waals surface area contributed by atoms with Crippen molar-refractivity contribution in [1.29, 1.82) is 0 Å². The number of aliphatic imine (C=N–C) groups is 1. The van der Waals surface area contributed by atoms with Gasteiger partial charge in [-0.1, -0.05) is 13.8 Å². The third kappa shape index (κ3) is 7.90. The number of guanidine groups is 1. The predicted octanol–water partition coefficient (Wildman–Crippen LogP) is 1.54. The van der Waals surface area contributed by atoms with E-state index in [2.05, 4.69) is 51.5 Å². The molecule has 0 bridgehead atoms. The van der Waals surface area contributed by atoms with Crippen molar-refractivity contribution in [2.24, 2.45) is 18.0 Å². The molecule has 27 heavy (non-hydrogen) atoms. The average molecular weight is 493 g/mol. The Balaban J connectivity index is 0.00000364. The van der Waals surface area contributed by atoms with Crippen molar-refractivity contribution in [1.82, 2.24) is 30.3 Å². The molecule has 0 radical (unpaired) electrons. The number of morpholine rings is 1. The summed E-state index contributed by atoms with van der Waals surface area (Å²) in [7, 11) is 1.97. The van der Waals surface area contributed by atoms with E-state index in [-0.39, 0.29) is 24.0 Å². The minimum atomic E-state index is 0. The lowest BCUT2D eigenvalue weighted by Gasteiger charge is -2.35.